The van der Waals surface area contributed by atoms with Gasteiger partial charge in [0.25, 0.3) is 0 Å². The first-order chi connectivity index (χ1) is 11.0. The van der Waals surface area contributed by atoms with Crippen molar-refractivity contribution in [2.24, 2.45) is 0 Å². The highest BCUT2D eigenvalue weighted by molar-refractivity contribution is 7.80. The van der Waals surface area contributed by atoms with Crippen molar-refractivity contribution < 1.29 is 4.74 Å². The summed E-state index contributed by atoms with van der Waals surface area (Å²) in [5, 5.41) is 3.95. The highest BCUT2D eigenvalue weighted by atomic mass is 32.1. The molecule has 122 valence electrons. The van der Waals surface area contributed by atoms with E-state index in [9.17, 15) is 0 Å². The molecule has 1 aromatic carbocycles. The Morgan fingerprint density at radius 3 is 2.43 bits per heavy atom. The maximum atomic E-state index is 5.65. The maximum Gasteiger partial charge on any atom is 0.174 e. The Morgan fingerprint density at radius 1 is 1.13 bits per heavy atom. The average Bonchev–Trinajstić information content (AvgIpc) is 2.56. The number of methoxy groups -OCH3 is 1. The molecule has 1 atom stereocenters. The molecule has 0 aliphatic heterocycles. The zero-order chi connectivity index (χ0) is 16.8. The normalized spacial score (nSPS) is 11.9. The number of pyridine rings is 1. The molecule has 0 unspecified atom stereocenters. The minimum absolute atomic E-state index is 0.0749. The van der Waals surface area contributed by atoms with E-state index in [1.165, 1.54) is 0 Å². The fraction of sp³-hybridized carbons (Fsp3) is 0.333. The van der Waals surface area contributed by atoms with E-state index in [4.69, 9.17) is 17.0 Å². The van der Waals surface area contributed by atoms with Gasteiger partial charge in [-0.1, -0.05) is 18.2 Å². The van der Waals surface area contributed by atoms with Gasteiger partial charge >= 0.3 is 0 Å². The molecule has 1 N–H and O–H groups in total. The molecule has 0 radical (unpaired) electrons. The van der Waals surface area contributed by atoms with Gasteiger partial charge in [-0.05, 0) is 57.3 Å². The lowest BCUT2D eigenvalue weighted by atomic mass is 10.1. The van der Waals surface area contributed by atoms with Crippen LogP contribution in [0.5, 0.6) is 5.75 Å². The summed E-state index contributed by atoms with van der Waals surface area (Å²) in [5.41, 5.74) is 1.85. The van der Waals surface area contributed by atoms with Crippen molar-refractivity contribution in [1.29, 1.82) is 0 Å². The van der Waals surface area contributed by atoms with Crippen molar-refractivity contribution >= 4 is 23.0 Å². The van der Waals surface area contributed by atoms with Gasteiger partial charge in [-0.25, -0.2) is 0 Å². The predicted octanol–water partition coefficient (Wildman–Crippen LogP) is 4.26. The van der Waals surface area contributed by atoms with Gasteiger partial charge in [-0.2, -0.15) is 0 Å². The van der Waals surface area contributed by atoms with E-state index in [1.54, 1.807) is 13.3 Å². The van der Waals surface area contributed by atoms with Gasteiger partial charge in [0, 0.05) is 12.2 Å². The summed E-state index contributed by atoms with van der Waals surface area (Å²) >= 11 is 5.65. The van der Waals surface area contributed by atoms with Crippen molar-refractivity contribution in [2.45, 2.75) is 32.9 Å². The van der Waals surface area contributed by atoms with Crippen LogP contribution in [0.3, 0.4) is 0 Å². The van der Waals surface area contributed by atoms with Crippen LogP contribution in [0.1, 0.15) is 32.5 Å². The van der Waals surface area contributed by atoms with Crippen LogP contribution in [0.4, 0.5) is 5.69 Å². The Morgan fingerprint density at radius 2 is 1.83 bits per heavy atom. The third-order valence-corrected chi connectivity index (χ3v) is 3.99. The number of anilines is 1. The molecular weight excluding hydrogens is 306 g/mol. The monoisotopic (exact) mass is 329 g/mol. The van der Waals surface area contributed by atoms with E-state index in [-0.39, 0.29) is 12.1 Å². The zero-order valence-electron chi connectivity index (χ0n) is 14.0. The van der Waals surface area contributed by atoms with Crippen molar-refractivity contribution in [3.05, 3.63) is 54.4 Å². The zero-order valence-corrected chi connectivity index (χ0v) is 14.8. The molecule has 0 amide bonds. The molecule has 5 heteroatoms. The number of hydrogen-bond acceptors (Lipinski definition) is 3. The molecule has 4 nitrogen and oxygen atoms in total. The minimum Gasteiger partial charge on any atom is -0.495 e. The third kappa shape index (κ3) is 4.20. The molecule has 23 heavy (non-hydrogen) atoms. The number of benzene rings is 1. The Balaban J connectivity index is 2.22. The first kappa shape index (κ1) is 17.2. The van der Waals surface area contributed by atoms with Crippen LogP contribution < -0.4 is 10.1 Å². The number of ether oxygens (including phenoxy) is 1. The highest BCUT2D eigenvalue weighted by Gasteiger charge is 2.23. The summed E-state index contributed by atoms with van der Waals surface area (Å²) < 4.78 is 5.38. The summed E-state index contributed by atoms with van der Waals surface area (Å²) in [6.45, 7) is 6.35. The van der Waals surface area contributed by atoms with Crippen LogP contribution in [-0.4, -0.2) is 28.1 Å². The van der Waals surface area contributed by atoms with E-state index in [2.05, 4.69) is 36.0 Å². The lowest BCUT2D eigenvalue weighted by Crippen LogP contribution is -2.41. The van der Waals surface area contributed by atoms with E-state index >= 15 is 0 Å². The predicted molar refractivity (Wildman–Crippen MR) is 98.8 cm³/mol. The topological polar surface area (TPSA) is 37.4 Å². The minimum atomic E-state index is 0.0749. The lowest BCUT2D eigenvalue weighted by molar-refractivity contribution is 0.280. The van der Waals surface area contributed by atoms with Crippen molar-refractivity contribution in [2.75, 3.05) is 12.4 Å². The smallest absolute Gasteiger partial charge is 0.174 e. The number of rotatable bonds is 5. The second-order valence-electron chi connectivity index (χ2n) is 5.56. The number of thiocarbonyl (C=S) groups is 1. The average molecular weight is 329 g/mol. The highest BCUT2D eigenvalue weighted by Crippen LogP contribution is 2.26. The number of nitrogens with zero attached hydrogens (tertiary/aromatic N) is 2. The van der Waals surface area contributed by atoms with Crippen LogP contribution >= 0.6 is 12.2 Å². The molecule has 0 saturated heterocycles. The van der Waals surface area contributed by atoms with Crippen LogP contribution in [0.25, 0.3) is 0 Å². The van der Waals surface area contributed by atoms with Crippen molar-refractivity contribution in [3.63, 3.8) is 0 Å². The Kier molecular flexibility index (Phi) is 5.93. The largest absolute Gasteiger partial charge is 0.495 e. The molecule has 0 spiro atoms. The quantitative estimate of drug-likeness (QED) is 0.830. The van der Waals surface area contributed by atoms with Crippen LogP contribution in [0.2, 0.25) is 0 Å². The summed E-state index contributed by atoms with van der Waals surface area (Å²) in [4.78, 5) is 6.59. The molecule has 1 heterocycles. The molecule has 0 aliphatic carbocycles. The van der Waals surface area contributed by atoms with Gasteiger partial charge < -0.3 is 15.0 Å². The number of para-hydroxylation sites is 2. The maximum absolute atomic E-state index is 5.65. The molecule has 0 saturated carbocycles. The molecule has 0 fully saturated rings. The molecule has 0 bridgehead atoms. The lowest BCUT2D eigenvalue weighted by Gasteiger charge is -2.35. The summed E-state index contributed by atoms with van der Waals surface area (Å²) in [6.07, 6.45) is 1.81. The molecule has 2 aromatic rings. The van der Waals surface area contributed by atoms with Gasteiger partial charge in [0.2, 0.25) is 0 Å². The van der Waals surface area contributed by atoms with E-state index < -0.39 is 0 Å². The summed E-state index contributed by atoms with van der Waals surface area (Å²) in [7, 11) is 1.65. The van der Waals surface area contributed by atoms with Crippen LogP contribution in [-0.2, 0) is 0 Å². The first-order valence-electron chi connectivity index (χ1n) is 7.68. The molecule has 0 aliphatic rings. The second-order valence-corrected chi connectivity index (χ2v) is 5.95. The number of nitrogens with one attached hydrogen (secondary N) is 1. The van der Waals surface area contributed by atoms with Gasteiger partial charge in [-0.15, -0.1) is 0 Å². The fourth-order valence-electron chi connectivity index (χ4n) is 2.55. The number of aromatic nitrogens is 1. The SMILES string of the molecule is COc1ccccc1NC(=S)N(C(C)C)[C@H](C)c1ccccn1. The summed E-state index contributed by atoms with van der Waals surface area (Å²) in [5.74, 6) is 0.768. The van der Waals surface area contributed by atoms with Gasteiger partial charge in [0.05, 0.1) is 24.5 Å². The van der Waals surface area contributed by atoms with Gasteiger partial charge in [0.1, 0.15) is 5.75 Å². The Hall–Kier alpha value is -2.14. The Bertz CT molecular complexity index is 646. The number of hydrogen-bond donors (Lipinski definition) is 1. The van der Waals surface area contributed by atoms with Gasteiger partial charge in [-0.3, -0.25) is 4.98 Å². The van der Waals surface area contributed by atoms with Crippen LogP contribution in [0.15, 0.2) is 48.7 Å². The van der Waals surface area contributed by atoms with E-state index in [0.717, 1.165) is 17.1 Å². The van der Waals surface area contributed by atoms with E-state index in [0.29, 0.717) is 5.11 Å². The van der Waals surface area contributed by atoms with E-state index in [1.807, 2.05) is 42.5 Å². The molecule has 2 rings (SSSR count). The second kappa shape index (κ2) is 7.92. The van der Waals surface area contributed by atoms with Crippen molar-refractivity contribution in [3.8, 4) is 5.75 Å². The van der Waals surface area contributed by atoms with Crippen molar-refractivity contribution in [1.82, 2.24) is 9.88 Å². The Labute approximate surface area is 143 Å². The third-order valence-electron chi connectivity index (χ3n) is 3.67. The molecule has 1 aromatic heterocycles. The fourth-order valence-corrected chi connectivity index (χ4v) is 3.03. The molecular formula is C18H23N3OS. The standard InChI is InChI=1S/C18H23N3OS/c1-13(2)21(14(3)15-9-7-8-12-19-15)18(23)20-16-10-5-6-11-17(16)22-4/h5-14H,1-4H3,(H,20,23)/t14-/m1/s1. The summed E-state index contributed by atoms with van der Waals surface area (Å²) in [6, 6.07) is 14.0. The first-order valence-corrected chi connectivity index (χ1v) is 8.08. The van der Waals surface area contributed by atoms with Crippen LogP contribution in [0, 0.1) is 0 Å². The van der Waals surface area contributed by atoms with Gasteiger partial charge in [0.15, 0.2) is 5.11 Å².